The van der Waals surface area contributed by atoms with Crippen molar-refractivity contribution in [1.82, 2.24) is 10.1 Å². The number of hydrogen-bond donors (Lipinski definition) is 1. The Bertz CT molecular complexity index is 482. The molecule has 0 bridgehead atoms. The Morgan fingerprint density at radius 1 is 1.47 bits per heavy atom. The number of rotatable bonds is 2. The van der Waals surface area contributed by atoms with Crippen LogP contribution in [0.25, 0.3) is 11.5 Å². The second-order valence-corrected chi connectivity index (χ2v) is 3.44. The molecule has 5 heteroatoms. The molecular formula is C10H9ClN2O2. The molecule has 1 aromatic carbocycles. The number of aromatic nitrogens is 2. The van der Waals surface area contributed by atoms with E-state index in [1.165, 1.54) is 12.1 Å². The molecule has 0 amide bonds. The predicted molar refractivity (Wildman–Crippen MR) is 55.8 cm³/mol. The number of hydrogen-bond acceptors (Lipinski definition) is 4. The summed E-state index contributed by atoms with van der Waals surface area (Å²) in [6, 6.07) is 4.58. The summed E-state index contributed by atoms with van der Waals surface area (Å²) in [6.45, 7) is 1.93. The molecule has 2 rings (SSSR count). The zero-order valence-corrected chi connectivity index (χ0v) is 8.82. The van der Waals surface area contributed by atoms with Crippen molar-refractivity contribution in [3.63, 3.8) is 0 Å². The van der Waals surface area contributed by atoms with Gasteiger partial charge in [0.1, 0.15) is 5.75 Å². The fourth-order valence-electron chi connectivity index (χ4n) is 1.18. The van der Waals surface area contributed by atoms with Crippen LogP contribution in [0.3, 0.4) is 0 Å². The van der Waals surface area contributed by atoms with E-state index in [1.54, 1.807) is 6.07 Å². The highest BCUT2D eigenvalue weighted by Gasteiger charge is 2.11. The van der Waals surface area contributed by atoms with E-state index in [-0.39, 0.29) is 5.75 Å². The standard InChI is InChI=1S/C10H9ClN2O2/c1-2-9-12-10(15-13-9)7-5-6(14)3-4-8(7)11/h3-5,14H,2H2,1H3. The van der Waals surface area contributed by atoms with E-state index < -0.39 is 0 Å². The molecule has 78 valence electrons. The first-order chi connectivity index (χ1) is 7.20. The van der Waals surface area contributed by atoms with Crippen LogP contribution in [0, 0.1) is 0 Å². The van der Waals surface area contributed by atoms with E-state index in [4.69, 9.17) is 16.1 Å². The Balaban J connectivity index is 2.48. The Hall–Kier alpha value is -1.55. The number of phenolic OH excluding ortho intramolecular Hbond substituents is 1. The number of benzene rings is 1. The molecule has 0 radical (unpaired) electrons. The third-order valence-electron chi connectivity index (χ3n) is 1.96. The van der Waals surface area contributed by atoms with E-state index in [0.29, 0.717) is 28.7 Å². The minimum Gasteiger partial charge on any atom is -0.508 e. The molecule has 0 aliphatic rings. The van der Waals surface area contributed by atoms with Crippen molar-refractivity contribution < 1.29 is 9.63 Å². The van der Waals surface area contributed by atoms with Gasteiger partial charge in [0.2, 0.25) is 0 Å². The van der Waals surface area contributed by atoms with Gasteiger partial charge in [0.05, 0.1) is 10.6 Å². The Labute approximate surface area is 91.5 Å². The van der Waals surface area contributed by atoms with Crippen LogP contribution in [-0.2, 0) is 6.42 Å². The third-order valence-corrected chi connectivity index (χ3v) is 2.29. The molecule has 1 N–H and O–H groups in total. The van der Waals surface area contributed by atoms with Gasteiger partial charge in [-0.1, -0.05) is 23.7 Å². The smallest absolute Gasteiger partial charge is 0.259 e. The second-order valence-electron chi connectivity index (χ2n) is 3.03. The average molecular weight is 225 g/mol. The molecule has 0 unspecified atom stereocenters. The summed E-state index contributed by atoms with van der Waals surface area (Å²) in [5, 5.41) is 13.5. The van der Waals surface area contributed by atoms with Gasteiger partial charge in [-0.15, -0.1) is 0 Å². The number of nitrogens with zero attached hydrogens (tertiary/aromatic N) is 2. The monoisotopic (exact) mass is 224 g/mol. The van der Waals surface area contributed by atoms with E-state index >= 15 is 0 Å². The quantitative estimate of drug-likeness (QED) is 0.852. The van der Waals surface area contributed by atoms with Crippen molar-refractivity contribution in [2.24, 2.45) is 0 Å². The highest BCUT2D eigenvalue weighted by Crippen LogP contribution is 2.29. The summed E-state index contributed by atoms with van der Waals surface area (Å²) in [6.07, 6.45) is 0.694. The second kappa shape index (κ2) is 3.90. The van der Waals surface area contributed by atoms with Crippen LogP contribution in [0.15, 0.2) is 22.7 Å². The van der Waals surface area contributed by atoms with Crippen LogP contribution in [0.4, 0.5) is 0 Å². The number of halogens is 1. The van der Waals surface area contributed by atoms with Crippen LogP contribution in [0.2, 0.25) is 5.02 Å². The van der Waals surface area contributed by atoms with Crippen LogP contribution >= 0.6 is 11.6 Å². The molecule has 1 heterocycles. The summed E-state index contributed by atoms with van der Waals surface area (Å²) < 4.78 is 5.02. The molecule has 0 aliphatic heterocycles. The molecule has 1 aromatic heterocycles. The number of aryl methyl sites for hydroxylation is 1. The largest absolute Gasteiger partial charge is 0.508 e. The number of aromatic hydroxyl groups is 1. The summed E-state index contributed by atoms with van der Waals surface area (Å²) in [5.74, 6) is 1.06. The normalized spacial score (nSPS) is 10.5. The first-order valence-corrected chi connectivity index (χ1v) is 4.90. The predicted octanol–water partition coefficient (Wildman–Crippen LogP) is 2.66. The average Bonchev–Trinajstić information content (AvgIpc) is 2.70. The summed E-state index contributed by atoms with van der Waals surface area (Å²) in [5.41, 5.74) is 0.545. The first-order valence-electron chi connectivity index (χ1n) is 4.52. The van der Waals surface area contributed by atoms with Gasteiger partial charge in [0, 0.05) is 6.42 Å². The summed E-state index contributed by atoms with van der Waals surface area (Å²) in [4.78, 5) is 4.13. The van der Waals surface area contributed by atoms with Crippen molar-refractivity contribution in [3.05, 3.63) is 29.0 Å². The van der Waals surface area contributed by atoms with Crippen LogP contribution in [0.5, 0.6) is 5.75 Å². The van der Waals surface area contributed by atoms with Crippen molar-refractivity contribution in [1.29, 1.82) is 0 Å². The van der Waals surface area contributed by atoms with Crippen LogP contribution < -0.4 is 0 Å². The molecule has 0 saturated carbocycles. The SMILES string of the molecule is CCc1noc(-c2cc(O)ccc2Cl)n1. The van der Waals surface area contributed by atoms with Crippen molar-refractivity contribution >= 4 is 11.6 Å². The lowest BCUT2D eigenvalue weighted by Gasteiger charge is -1.98. The molecule has 4 nitrogen and oxygen atoms in total. The highest BCUT2D eigenvalue weighted by atomic mass is 35.5. The summed E-state index contributed by atoms with van der Waals surface area (Å²) >= 11 is 5.94. The molecule has 0 fully saturated rings. The zero-order chi connectivity index (χ0) is 10.8. The molecule has 0 saturated heterocycles. The van der Waals surface area contributed by atoms with Gasteiger partial charge < -0.3 is 9.63 Å². The van der Waals surface area contributed by atoms with Gasteiger partial charge >= 0.3 is 0 Å². The minimum absolute atomic E-state index is 0.116. The minimum atomic E-state index is 0.116. The third kappa shape index (κ3) is 1.94. The van der Waals surface area contributed by atoms with Gasteiger partial charge in [0.25, 0.3) is 5.89 Å². The van der Waals surface area contributed by atoms with E-state index in [0.717, 1.165) is 0 Å². The van der Waals surface area contributed by atoms with E-state index in [2.05, 4.69) is 10.1 Å². The van der Waals surface area contributed by atoms with Crippen molar-refractivity contribution in [3.8, 4) is 17.2 Å². The molecule has 0 atom stereocenters. The molecule has 0 aliphatic carbocycles. The Morgan fingerprint density at radius 2 is 2.27 bits per heavy atom. The Morgan fingerprint density at radius 3 is 2.93 bits per heavy atom. The van der Waals surface area contributed by atoms with Gasteiger partial charge in [0.15, 0.2) is 5.82 Å². The van der Waals surface area contributed by atoms with Crippen LogP contribution in [0.1, 0.15) is 12.7 Å². The molecule has 15 heavy (non-hydrogen) atoms. The molecular weight excluding hydrogens is 216 g/mol. The van der Waals surface area contributed by atoms with Gasteiger partial charge in [-0.25, -0.2) is 0 Å². The lowest BCUT2D eigenvalue weighted by atomic mass is 10.2. The van der Waals surface area contributed by atoms with Crippen molar-refractivity contribution in [2.75, 3.05) is 0 Å². The van der Waals surface area contributed by atoms with Crippen molar-refractivity contribution in [2.45, 2.75) is 13.3 Å². The first kappa shape index (κ1) is 9.98. The molecule has 0 spiro atoms. The Kier molecular flexibility index (Phi) is 2.60. The zero-order valence-electron chi connectivity index (χ0n) is 8.07. The highest BCUT2D eigenvalue weighted by molar-refractivity contribution is 6.33. The van der Waals surface area contributed by atoms with Gasteiger partial charge in [-0.3, -0.25) is 0 Å². The fraction of sp³-hybridized carbons (Fsp3) is 0.200. The van der Waals surface area contributed by atoms with E-state index in [1.807, 2.05) is 6.92 Å². The molecule has 2 aromatic rings. The fourth-order valence-corrected chi connectivity index (χ4v) is 1.38. The lowest BCUT2D eigenvalue weighted by molar-refractivity contribution is 0.422. The van der Waals surface area contributed by atoms with E-state index in [9.17, 15) is 5.11 Å². The maximum absolute atomic E-state index is 9.31. The number of phenols is 1. The van der Waals surface area contributed by atoms with Crippen LogP contribution in [-0.4, -0.2) is 15.2 Å². The maximum Gasteiger partial charge on any atom is 0.259 e. The van der Waals surface area contributed by atoms with Gasteiger partial charge in [-0.05, 0) is 18.2 Å². The topological polar surface area (TPSA) is 59.2 Å². The lowest BCUT2D eigenvalue weighted by Crippen LogP contribution is -1.83. The maximum atomic E-state index is 9.31. The van der Waals surface area contributed by atoms with Gasteiger partial charge in [-0.2, -0.15) is 4.98 Å². The summed E-state index contributed by atoms with van der Waals surface area (Å²) in [7, 11) is 0.